The third-order valence-electron chi connectivity index (χ3n) is 5.81. The fourth-order valence-electron chi connectivity index (χ4n) is 4.18. The van der Waals surface area contributed by atoms with Crippen molar-refractivity contribution >= 4 is 7.82 Å². The van der Waals surface area contributed by atoms with E-state index in [4.69, 9.17) is 13.6 Å². The van der Waals surface area contributed by atoms with Gasteiger partial charge in [0.25, 0.3) is 0 Å². The molecule has 0 bridgehead atoms. The zero-order valence-electron chi connectivity index (χ0n) is 18.4. The van der Waals surface area contributed by atoms with E-state index in [1.807, 2.05) is 36.4 Å². The zero-order valence-corrected chi connectivity index (χ0v) is 19.3. The van der Waals surface area contributed by atoms with E-state index in [0.717, 1.165) is 12.8 Å². The summed E-state index contributed by atoms with van der Waals surface area (Å²) in [6.07, 6.45) is 8.21. The third kappa shape index (κ3) is 6.72. The predicted octanol–water partition coefficient (Wildman–Crippen LogP) is 7.95. The minimum absolute atomic E-state index is 0.282. The van der Waals surface area contributed by atoms with Gasteiger partial charge in [-0.1, -0.05) is 79.9 Å². The van der Waals surface area contributed by atoms with Crippen LogP contribution in [0.15, 0.2) is 84.9 Å². The van der Waals surface area contributed by atoms with Gasteiger partial charge in [-0.3, -0.25) is 4.52 Å². The normalized spacial score (nSPS) is 14.8. The van der Waals surface area contributed by atoms with Gasteiger partial charge in [-0.2, -0.15) is 0 Å². The molecule has 4 nitrogen and oxygen atoms in total. The standard InChI is InChI=1S/C27H31O4P/c28-32(30-26-17-6-2-7-18-26,31-27-19-8-3-9-20-27)29-21-11-13-23-12-10-16-25(22-23)24-14-4-1-5-15-24/h2-3,6-10,12,16-20,22,24H,1,4-5,11,13-15,21H2. The Labute approximate surface area is 191 Å². The summed E-state index contributed by atoms with van der Waals surface area (Å²) in [4.78, 5) is 0. The average Bonchev–Trinajstić information content (AvgIpc) is 2.84. The Morgan fingerprint density at radius 3 is 2.00 bits per heavy atom. The van der Waals surface area contributed by atoms with Gasteiger partial charge in [-0.05, 0) is 67.0 Å². The molecule has 1 fully saturated rings. The first-order valence-electron chi connectivity index (χ1n) is 11.5. The molecule has 0 saturated heterocycles. The molecule has 3 aromatic rings. The van der Waals surface area contributed by atoms with Crippen molar-refractivity contribution in [3.8, 4) is 11.5 Å². The molecule has 0 N–H and O–H groups in total. The minimum Gasteiger partial charge on any atom is -0.395 e. The predicted molar refractivity (Wildman–Crippen MR) is 128 cm³/mol. The van der Waals surface area contributed by atoms with E-state index < -0.39 is 7.82 Å². The first kappa shape index (κ1) is 22.6. The summed E-state index contributed by atoms with van der Waals surface area (Å²) in [5, 5.41) is 0. The molecule has 0 aromatic heterocycles. The van der Waals surface area contributed by atoms with Crippen LogP contribution in [-0.2, 0) is 15.5 Å². The molecule has 0 aliphatic heterocycles. The second kappa shape index (κ2) is 11.4. The van der Waals surface area contributed by atoms with E-state index in [9.17, 15) is 4.57 Å². The summed E-state index contributed by atoms with van der Waals surface area (Å²) in [6.45, 7) is 0.282. The van der Waals surface area contributed by atoms with Gasteiger partial charge in [-0.25, -0.2) is 4.57 Å². The number of para-hydroxylation sites is 2. The van der Waals surface area contributed by atoms with Crippen LogP contribution in [0.2, 0.25) is 0 Å². The molecular formula is C27H31O4P. The molecule has 0 heterocycles. The number of phosphoric acid groups is 1. The molecular weight excluding hydrogens is 419 g/mol. The van der Waals surface area contributed by atoms with Crippen molar-refractivity contribution in [2.75, 3.05) is 6.61 Å². The summed E-state index contributed by atoms with van der Waals surface area (Å²) in [5.74, 6) is 1.60. The van der Waals surface area contributed by atoms with Crippen LogP contribution < -0.4 is 9.05 Å². The molecule has 0 unspecified atom stereocenters. The van der Waals surface area contributed by atoms with Crippen LogP contribution in [-0.4, -0.2) is 6.61 Å². The molecule has 0 radical (unpaired) electrons. The molecule has 1 saturated carbocycles. The van der Waals surface area contributed by atoms with E-state index in [-0.39, 0.29) is 6.61 Å². The highest BCUT2D eigenvalue weighted by Crippen LogP contribution is 2.49. The van der Waals surface area contributed by atoms with Gasteiger partial charge in [0, 0.05) is 0 Å². The Hall–Kier alpha value is -2.55. The molecule has 1 aliphatic rings. The van der Waals surface area contributed by atoms with Crippen LogP contribution in [0.1, 0.15) is 55.6 Å². The molecule has 4 rings (SSSR count). The van der Waals surface area contributed by atoms with Gasteiger partial charge in [0.15, 0.2) is 0 Å². The van der Waals surface area contributed by atoms with Crippen molar-refractivity contribution in [3.05, 3.63) is 96.1 Å². The quantitative estimate of drug-likeness (QED) is 0.232. The van der Waals surface area contributed by atoms with Crippen LogP contribution in [0, 0.1) is 0 Å². The van der Waals surface area contributed by atoms with Crippen molar-refractivity contribution in [2.24, 2.45) is 0 Å². The Kier molecular flexibility index (Phi) is 8.03. The van der Waals surface area contributed by atoms with Crippen molar-refractivity contribution < 1.29 is 18.1 Å². The van der Waals surface area contributed by atoms with Crippen LogP contribution in [0.25, 0.3) is 0 Å². The van der Waals surface area contributed by atoms with Gasteiger partial charge in [-0.15, -0.1) is 0 Å². The zero-order chi connectivity index (χ0) is 22.1. The number of phosphoric ester groups is 1. The first-order valence-corrected chi connectivity index (χ1v) is 13.0. The van der Waals surface area contributed by atoms with Gasteiger partial charge in [0.2, 0.25) is 0 Å². The number of benzene rings is 3. The summed E-state index contributed by atoms with van der Waals surface area (Å²) in [5.41, 5.74) is 2.74. The molecule has 32 heavy (non-hydrogen) atoms. The molecule has 168 valence electrons. The number of rotatable bonds is 10. The van der Waals surface area contributed by atoms with E-state index in [1.165, 1.54) is 43.2 Å². The minimum atomic E-state index is -3.82. The van der Waals surface area contributed by atoms with Crippen molar-refractivity contribution in [3.63, 3.8) is 0 Å². The lowest BCUT2D eigenvalue weighted by molar-refractivity contribution is 0.207. The summed E-state index contributed by atoms with van der Waals surface area (Å²) in [6, 6.07) is 26.9. The van der Waals surface area contributed by atoms with E-state index in [2.05, 4.69) is 24.3 Å². The van der Waals surface area contributed by atoms with Crippen LogP contribution in [0.4, 0.5) is 0 Å². The fourth-order valence-corrected chi connectivity index (χ4v) is 5.44. The Morgan fingerprint density at radius 2 is 1.38 bits per heavy atom. The molecule has 3 aromatic carbocycles. The average molecular weight is 451 g/mol. The van der Waals surface area contributed by atoms with Crippen molar-refractivity contribution in [2.45, 2.75) is 50.9 Å². The Morgan fingerprint density at radius 1 is 0.750 bits per heavy atom. The number of hydrogen-bond acceptors (Lipinski definition) is 4. The lowest BCUT2D eigenvalue weighted by Crippen LogP contribution is -2.07. The SMILES string of the molecule is O=P(OCCCc1cccc(C2CCCCC2)c1)(Oc1ccccc1)Oc1ccccc1. The summed E-state index contributed by atoms with van der Waals surface area (Å²) < 4.78 is 30.4. The van der Waals surface area contributed by atoms with Crippen LogP contribution >= 0.6 is 7.82 Å². The van der Waals surface area contributed by atoms with Gasteiger partial charge in [0.05, 0.1) is 6.61 Å². The highest BCUT2D eigenvalue weighted by atomic mass is 31.2. The summed E-state index contributed by atoms with van der Waals surface area (Å²) in [7, 11) is -3.82. The topological polar surface area (TPSA) is 44.8 Å². The molecule has 0 atom stereocenters. The summed E-state index contributed by atoms with van der Waals surface area (Å²) >= 11 is 0. The smallest absolute Gasteiger partial charge is 0.395 e. The third-order valence-corrected chi connectivity index (χ3v) is 7.18. The van der Waals surface area contributed by atoms with Crippen molar-refractivity contribution in [1.82, 2.24) is 0 Å². The maximum absolute atomic E-state index is 13.4. The van der Waals surface area contributed by atoms with E-state index in [1.54, 1.807) is 24.3 Å². The Bertz CT molecular complexity index is 955. The molecule has 0 spiro atoms. The van der Waals surface area contributed by atoms with Gasteiger partial charge >= 0.3 is 7.82 Å². The lowest BCUT2D eigenvalue weighted by atomic mass is 9.83. The fraction of sp³-hybridized carbons (Fsp3) is 0.333. The van der Waals surface area contributed by atoms with Crippen LogP contribution in [0.5, 0.6) is 11.5 Å². The van der Waals surface area contributed by atoms with E-state index >= 15 is 0 Å². The maximum atomic E-state index is 13.4. The lowest BCUT2D eigenvalue weighted by Gasteiger charge is -2.22. The second-order valence-electron chi connectivity index (χ2n) is 8.27. The van der Waals surface area contributed by atoms with E-state index in [0.29, 0.717) is 17.4 Å². The van der Waals surface area contributed by atoms with Gasteiger partial charge < -0.3 is 9.05 Å². The van der Waals surface area contributed by atoms with Crippen molar-refractivity contribution in [1.29, 1.82) is 0 Å². The molecule has 0 amide bonds. The number of hydrogen-bond donors (Lipinski definition) is 0. The highest BCUT2D eigenvalue weighted by molar-refractivity contribution is 7.49. The maximum Gasteiger partial charge on any atom is 0.587 e. The highest BCUT2D eigenvalue weighted by Gasteiger charge is 2.30. The van der Waals surface area contributed by atoms with Gasteiger partial charge in [0.1, 0.15) is 11.5 Å². The Balaban J connectivity index is 1.35. The largest absolute Gasteiger partial charge is 0.587 e. The van der Waals surface area contributed by atoms with Crippen LogP contribution in [0.3, 0.4) is 0 Å². The molecule has 1 aliphatic carbocycles. The first-order chi connectivity index (χ1) is 15.7. The second-order valence-corrected chi connectivity index (χ2v) is 9.79. The molecule has 5 heteroatoms. The number of aryl methyl sites for hydroxylation is 1. The monoisotopic (exact) mass is 450 g/mol.